The smallest absolute Gasteiger partial charge is 0.439 e. The molecule has 45 heavy (non-hydrogen) atoms. The van der Waals surface area contributed by atoms with E-state index in [2.05, 4.69) is 15.5 Å². The number of aliphatic hydroxyl groups excluding tert-OH is 1. The van der Waals surface area contributed by atoms with Gasteiger partial charge < -0.3 is 34.5 Å². The summed E-state index contributed by atoms with van der Waals surface area (Å²) >= 11 is 0. The summed E-state index contributed by atoms with van der Waals surface area (Å²) in [5.41, 5.74) is 6.00. The van der Waals surface area contributed by atoms with Crippen molar-refractivity contribution < 1.29 is 43.2 Å². The second-order valence-electron chi connectivity index (χ2n) is 12.6. The summed E-state index contributed by atoms with van der Waals surface area (Å²) in [6.07, 6.45) is 6.28. The number of methoxy groups -OCH3 is 1. The van der Waals surface area contributed by atoms with Crippen LogP contribution in [0.15, 0.2) is 47.6 Å². The van der Waals surface area contributed by atoms with Gasteiger partial charge in [0.25, 0.3) is 5.95 Å². The number of tetrazole rings is 1. The number of anilines is 1. The van der Waals surface area contributed by atoms with Gasteiger partial charge in [0, 0.05) is 42.3 Å². The van der Waals surface area contributed by atoms with E-state index in [9.17, 15) is 19.5 Å². The number of hydrogen-bond acceptors (Lipinski definition) is 13. The predicted molar refractivity (Wildman–Crippen MR) is 156 cm³/mol. The van der Waals surface area contributed by atoms with Crippen LogP contribution < -0.4 is 5.73 Å². The van der Waals surface area contributed by atoms with Crippen molar-refractivity contribution in [3.05, 3.63) is 47.6 Å². The molecule has 0 radical (unpaired) electrons. The van der Waals surface area contributed by atoms with Gasteiger partial charge in [-0.25, -0.2) is 14.4 Å². The molecule has 1 saturated carbocycles. The van der Waals surface area contributed by atoms with Crippen molar-refractivity contribution in [2.75, 3.05) is 12.8 Å². The van der Waals surface area contributed by atoms with Gasteiger partial charge in [-0.15, -0.1) is 4.68 Å². The van der Waals surface area contributed by atoms with Gasteiger partial charge in [-0.2, -0.15) is 0 Å². The SMILES string of the molecule is CO[C@H]1C[C@H]2C=CC3C4[C@H](O)[C@@H](C)[C@@H](OC(=O)C5=CC=CC5)[C@@H]3O[C@]42/C(C)=C/[C@@H](C)[C@@H]([C@@H](C)OC(=O)n2nnnc2N)OC1=O. The lowest BCUT2D eigenvalue weighted by Gasteiger charge is -2.49. The summed E-state index contributed by atoms with van der Waals surface area (Å²) in [4.78, 5) is 39.4. The molecule has 3 aliphatic carbocycles. The lowest BCUT2D eigenvalue weighted by Crippen LogP contribution is -2.57. The fourth-order valence-corrected chi connectivity index (χ4v) is 7.88. The van der Waals surface area contributed by atoms with E-state index in [1.807, 2.05) is 51.2 Å². The van der Waals surface area contributed by atoms with Crippen molar-refractivity contribution in [2.24, 2.45) is 29.6 Å². The van der Waals surface area contributed by atoms with Crippen LogP contribution in [0.3, 0.4) is 0 Å². The number of ether oxygens (including phenoxy) is 5. The molecule has 1 spiro atoms. The van der Waals surface area contributed by atoms with Gasteiger partial charge in [-0.05, 0) is 42.7 Å². The normalized spacial score (nSPS) is 40.4. The number of nitrogens with zero attached hydrogens (tertiary/aromatic N) is 4. The van der Waals surface area contributed by atoms with E-state index >= 15 is 0 Å². The minimum atomic E-state index is -1.03. The maximum Gasteiger partial charge on any atom is 0.439 e. The fraction of sp³-hybridized carbons (Fsp3) is 0.613. The first-order valence-corrected chi connectivity index (χ1v) is 15.3. The molecule has 12 atom stereocenters. The van der Waals surface area contributed by atoms with Gasteiger partial charge in [0.2, 0.25) is 0 Å². The number of esters is 2. The molecule has 1 saturated heterocycles. The Labute approximate surface area is 260 Å². The first-order chi connectivity index (χ1) is 21.5. The maximum absolute atomic E-state index is 13.5. The third kappa shape index (κ3) is 5.08. The minimum absolute atomic E-state index is 0.202. The number of rotatable bonds is 5. The largest absolute Gasteiger partial charge is 0.456 e. The number of nitrogen functional groups attached to an aromatic ring is 1. The minimum Gasteiger partial charge on any atom is -0.456 e. The molecule has 14 heteroatoms. The van der Waals surface area contributed by atoms with Gasteiger partial charge in [0.05, 0.1) is 6.10 Å². The highest BCUT2D eigenvalue weighted by atomic mass is 16.6. The van der Waals surface area contributed by atoms with Crippen LogP contribution in [0.25, 0.3) is 0 Å². The molecule has 0 amide bonds. The molecular formula is C31H39N5O9. The van der Waals surface area contributed by atoms with Crippen molar-refractivity contribution >= 4 is 24.0 Å². The van der Waals surface area contributed by atoms with Crippen LogP contribution in [0, 0.1) is 29.6 Å². The average molecular weight is 626 g/mol. The molecular weight excluding hydrogens is 586 g/mol. The number of cyclic esters (lactones) is 1. The molecule has 6 rings (SSSR count). The quantitative estimate of drug-likeness (QED) is 0.209. The van der Waals surface area contributed by atoms with Crippen molar-refractivity contribution in [2.45, 2.75) is 82.8 Å². The number of carbonyl (C=O) groups excluding carboxylic acids is 3. The molecule has 0 aromatic carbocycles. The Morgan fingerprint density at radius 1 is 1.27 bits per heavy atom. The molecule has 4 bridgehead atoms. The third-order valence-corrected chi connectivity index (χ3v) is 10.1. The Morgan fingerprint density at radius 3 is 2.71 bits per heavy atom. The predicted octanol–water partition coefficient (Wildman–Crippen LogP) is 1.91. The second-order valence-corrected chi connectivity index (χ2v) is 12.6. The number of nitrogens with two attached hydrogens (primary N) is 1. The van der Waals surface area contributed by atoms with E-state index in [0.717, 1.165) is 5.57 Å². The van der Waals surface area contributed by atoms with Crippen LogP contribution in [0.4, 0.5) is 10.7 Å². The molecule has 3 heterocycles. The average Bonchev–Trinajstić information content (AvgIpc) is 3.74. The highest BCUT2D eigenvalue weighted by molar-refractivity contribution is 5.90. The van der Waals surface area contributed by atoms with Gasteiger partial charge in [-0.1, -0.05) is 55.4 Å². The molecule has 3 N–H and O–H groups in total. The van der Waals surface area contributed by atoms with Crippen LogP contribution in [-0.2, 0) is 33.3 Å². The fourth-order valence-electron chi connectivity index (χ4n) is 7.88. The maximum atomic E-state index is 13.5. The first kappa shape index (κ1) is 31.1. The second kappa shape index (κ2) is 11.8. The van der Waals surface area contributed by atoms with Crippen molar-refractivity contribution in [1.82, 2.24) is 20.2 Å². The Morgan fingerprint density at radius 2 is 2.04 bits per heavy atom. The number of allylic oxidation sites excluding steroid dienone is 3. The van der Waals surface area contributed by atoms with Crippen molar-refractivity contribution in [3.63, 3.8) is 0 Å². The van der Waals surface area contributed by atoms with Gasteiger partial charge >= 0.3 is 18.0 Å². The van der Waals surface area contributed by atoms with Crippen LogP contribution in [0.5, 0.6) is 0 Å². The molecule has 2 aliphatic heterocycles. The number of carbonyl (C=O) groups is 3. The van der Waals surface area contributed by atoms with Crippen molar-refractivity contribution in [3.8, 4) is 0 Å². The molecule has 1 aromatic rings. The summed E-state index contributed by atoms with van der Waals surface area (Å²) < 4.78 is 31.0. The molecule has 2 fully saturated rings. The van der Waals surface area contributed by atoms with Gasteiger partial charge in [-0.3, -0.25) is 0 Å². The van der Waals surface area contributed by atoms with Crippen LogP contribution >= 0.6 is 0 Å². The monoisotopic (exact) mass is 625 g/mol. The van der Waals surface area contributed by atoms with Crippen molar-refractivity contribution in [1.29, 1.82) is 0 Å². The standard InChI is InChI=1S/C31H39N5O9/c1-14-12-15(2)31-19(13-21(41-5)28(39)43-24(14)17(4)42-30(40)36-29(32)33-34-35-36)10-11-20-22(31)23(37)16(3)25(26(20)45-31)44-27(38)18-8-6-7-9-18/h6-8,10-12,14,16-17,19-26,37H,9,13H2,1-5H3,(H2,32,33,35)/b15-12+/t14-,16-,17-,19-,20?,21+,22?,23-,24+,25-,26-,31+/m1/s1. The van der Waals surface area contributed by atoms with Crippen LogP contribution in [-0.4, -0.2) is 92.7 Å². The number of aliphatic hydroxyl groups is 1. The van der Waals surface area contributed by atoms with Crippen LogP contribution in [0.1, 0.15) is 40.5 Å². The summed E-state index contributed by atoms with van der Waals surface area (Å²) in [5.74, 6) is -3.15. The van der Waals surface area contributed by atoms with E-state index in [4.69, 9.17) is 29.4 Å². The van der Waals surface area contributed by atoms with E-state index in [1.165, 1.54) is 7.11 Å². The zero-order valence-electron chi connectivity index (χ0n) is 25.8. The van der Waals surface area contributed by atoms with Gasteiger partial charge in [0.15, 0.2) is 6.10 Å². The first-order valence-electron chi connectivity index (χ1n) is 15.3. The highest BCUT2D eigenvalue weighted by Crippen LogP contribution is 2.61. The summed E-state index contributed by atoms with van der Waals surface area (Å²) in [7, 11) is 1.43. The Balaban J connectivity index is 1.35. The lowest BCUT2D eigenvalue weighted by molar-refractivity contribution is -0.173. The Kier molecular flexibility index (Phi) is 8.16. The molecule has 14 nitrogen and oxygen atoms in total. The Bertz CT molecular complexity index is 1480. The summed E-state index contributed by atoms with van der Waals surface area (Å²) in [6, 6.07) is 0. The highest BCUT2D eigenvalue weighted by Gasteiger charge is 2.69. The van der Waals surface area contributed by atoms with E-state index in [0.29, 0.717) is 16.7 Å². The van der Waals surface area contributed by atoms with Crippen LogP contribution in [0.2, 0.25) is 0 Å². The van der Waals surface area contributed by atoms with E-state index < -0.39 is 72.1 Å². The number of hydrogen-bond donors (Lipinski definition) is 2. The molecule has 2 unspecified atom stereocenters. The van der Waals surface area contributed by atoms with Gasteiger partial charge in [0.1, 0.15) is 30.0 Å². The lowest BCUT2D eigenvalue weighted by atomic mass is 9.57. The summed E-state index contributed by atoms with van der Waals surface area (Å²) in [5, 5.41) is 22.3. The van der Waals surface area contributed by atoms with E-state index in [1.54, 1.807) is 13.0 Å². The third-order valence-electron chi connectivity index (χ3n) is 10.1. The molecule has 5 aliphatic rings. The zero-order valence-corrected chi connectivity index (χ0v) is 25.8. The van der Waals surface area contributed by atoms with E-state index in [-0.39, 0.29) is 30.1 Å². The Hall–Kier alpha value is -3.88. The number of aromatic nitrogens is 4. The topological polar surface area (TPSA) is 187 Å². The molecule has 242 valence electrons. The zero-order chi connectivity index (χ0) is 32.2. The molecule has 1 aromatic heterocycles. The summed E-state index contributed by atoms with van der Waals surface area (Å²) in [6.45, 7) is 7.26.